The number of ether oxygens (including phenoxy) is 1. The highest BCUT2D eigenvalue weighted by molar-refractivity contribution is 5.50. The van der Waals surface area contributed by atoms with Crippen LogP contribution < -0.4 is 4.74 Å². The summed E-state index contributed by atoms with van der Waals surface area (Å²) in [7, 11) is 1.77. The van der Waals surface area contributed by atoms with E-state index >= 15 is 0 Å². The first-order valence-corrected chi connectivity index (χ1v) is 8.37. The smallest absolute Gasteiger partial charge is 0.122 e. The van der Waals surface area contributed by atoms with Crippen molar-refractivity contribution in [2.24, 2.45) is 0 Å². The van der Waals surface area contributed by atoms with E-state index in [9.17, 15) is 0 Å². The summed E-state index contributed by atoms with van der Waals surface area (Å²) in [5.41, 5.74) is 7.14. The summed E-state index contributed by atoms with van der Waals surface area (Å²) in [5, 5.41) is 0. The molecule has 0 aromatic heterocycles. The molecule has 0 unspecified atom stereocenters. The fourth-order valence-corrected chi connectivity index (χ4v) is 3.70. The lowest BCUT2D eigenvalue weighted by molar-refractivity contribution is 0.0883. The lowest BCUT2D eigenvalue weighted by Crippen LogP contribution is -2.48. The van der Waals surface area contributed by atoms with Gasteiger partial charge in [0.1, 0.15) is 5.75 Å². The van der Waals surface area contributed by atoms with Gasteiger partial charge in [0.05, 0.1) is 7.11 Å². The number of benzene rings is 2. The SMILES string of the molecule is COc1cc(C)c2c(c1C)CC(C)(C)N(Cc1ccccc1)C2. The predicted molar refractivity (Wildman–Crippen MR) is 95.9 cm³/mol. The maximum atomic E-state index is 5.57. The van der Waals surface area contributed by atoms with Crippen LogP contribution in [0, 0.1) is 13.8 Å². The van der Waals surface area contributed by atoms with Gasteiger partial charge in [0.2, 0.25) is 0 Å². The molecule has 0 atom stereocenters. The van der Waals surface area contributed by atoms with Gasteiger partial charge in [0.25, 0.3) is 0 Å². The zero-order chi connectivity index (χ0) is 16.6. The first-order chi connectivity index (χ1) is 10.9. The number of methoxy groups -OCH3 is 1. The summed E-state index contributed by atoms with van der Waals surface area (Å²) in [6.45, 7) is 11.1. The van der Waals surface area contributed by atoms with Crippen molar-refractivity contribution >= 4 is 0 Å². The Kier molecular flexibility index (Phi) is 4.20. The van der Waals surface area contributed by atoms with E-state index in [1.807, 2.05) is 0 Å². The summed E-state index contributed by atoms with van der Waals surface area (Å²) in [5.74, 6) is 1.02. The maximum absolute atomic E-state index is 5.57. The molecule has 1 aliphatic heterocycles. The average molecular weight is 309 g/mol. The molecule has 0 radical (unpaired) electrons. The third kappa shape index (κ3) is 3.00. The first-order valence-electron chi connectivity index (χ1n) is 8.37. The number of hydrogen-bond donors (Lipinski definition) is 0. The fourth-order valence-electron chi connectivity index (χ4n) is 3.70. The van der Waals surface area contributed by atoms with Gasteiger partial charge in [-0.1, -0.05) is 30.3 Å². The predicted octanol–water partition coefficient (Wildman–Crippen LogP) is 4.65. The molecular formula is C21H27NO. The highest BCUT2D eigenvalue weighted by Crippen LogP contribution is 2.38. The van der Waals surface area contributed by atoms with Crippen molar-refractivity contribution in [3.63, 3.8) is 0 Å². The molecule has 1 heterocycles. The van der Waals surface area contributed by atoms with Crippen molar-refractivity contribution < 1.29 is 4.74 Å². The minimum Gasteiger partial charge on any atom is -0.496 e. The van der Waals surface area contributed by atoms with Gasteiger partial charge in [-0.3, -0.25) is 4.90 Å². The standard InChI is InChI=1S/C21H27NO/c1-15-11-20(23-5)16(2)18-12-21(3,4)22(14-19(15)18)13-17-9-7-6-8-10-17/h6-11H,12-14H2,1-5H3. The maximum Gasteiger partial charge on any atom is 0.122 e. The number of nitrogens with zero attached hydrogens (tertiary/aromatic N) is 1. The minimum absolute atomic E-state index is 0.145. The van der Waals surface area contributed by atoms with Crippen LogP contribution in [-0.4, -0.2) is 17.5 Å². The van der Waals surface area contributed by atoms with E-state index in [1.54, 1.807) is 7.11 Å². The molecule has 0 spiro atoms. The summed E-state index contributed by atoms with van der Waals surface area (Å²) in [6.07, 6.45) is 1.07. The van der Waals surface area contributed by atoms with Gasteiger partial charge in [-0.2, -0.15) is 0 Å². The van der Waals surface area contributed by atoms with Gasteiger partial charge >= 0.3 is 0 Å². The van der Waals surface area contributed by atoms with Crippen LogP contribution in [0.15, 0.2) is 36.4 Å². The van der Waals surface area contributed by atoms with Crippen LogP contribution in [0.3, 0.4) is 0 Å². The minimum atomic E-state index is 0.145. The van der Waals surface area contributed by atoms with Crippen molar-refractivity contribution in [3.8, 4) is 5.75 Å². The zero-order valence-electron chi connectivity index (χ0n) is 14.9. The lowest BCUT2D eigenvalue weighted by atomic mass is 9.81. The molecule has 0 fully saturated rings. The Balaban J connectivity index is 1.97. The topological polar surface area (TPSA) is 12.5 Å². The van der Waals surface area contributed by atoms with Crippen molar-refractivity contribution in [3.05, 3.63) is 64.2 Å². The fraction of sp³-hybridized carbons (Fsp3) is 0.429. The second-order valence-corrected chi connectivity index (χ2v) is 7.31. The molecule has 2 nitrogen and oxygen atoms in total. The van der Waals surface area contributed by atoms with Gasteiger partial charge in [-0.05, 0) is 68.0 Å². The average Bonchev–Trinajstić information content (AvgIpc) is 2.53. The van der Waals surface area contributed by atoms with Crippen LogP contribution in [0.5, 0.6) is 5.75 Å². The molecule has 0 N–H and O–H groups in total. The molecule has 3 rings (SSSR count). The Morgan fingerprint density at radius 3 is 2.43 bits per heavy atom. The summed E-state index contributed by atoms with van der Waals surface area (Å²) in [4.78, 5) is 2.60. The Morgan fingerprint density at radius 1 is 1.09 bits per heavy atom. The molecule has 0 saturated heterocycles. The zero-order valence-corrected chi connectivity index (χ0v) is 14.9. The number of hydrogen-bond acceptors (Lipinski definition) is 2. The van der Waals surface area contributed by atoms with Crippen molar-refractivity contribution in [1.29, 1.82) is 0 Å². The summed E-state index contributed by atoms with van der Waals surface area (Å²) < 4.78 is 5.57. The second kappa shape index (κ2) is 6.01. The van der Waals surface area contributed by atoms with E-state index in [2.05, 4.69) is 69.0 Å². The Morgan fingerprint density at radius 2 is 1.78 bits per heavy atom. The Hall–Kier alpha value is -1.80. The van der Waals surface area contributed by atoms with E-state index in [0.717, 1.165) is 25.3 Å². The molecule has 0 aliphatic carbocycles. The van der Waals surface area contributed by atoms with Gasteiger partial charge in [-0.25, -0.2) is 0 Å². The van der Waals surface area contributed by atoms with Crippen LogP contribution in [0.4, 0.5) is 0 Å². The van der Waals surface area contributed by atoms with Crippen molar-refractivity contribution in [2.75, 3.05) is 7.11 Å². The van der Waals surface area contributed by atoms with E-state index in [4.69, 9.17) is 4.74 Å². The van der Waals surface area contributed by atoms with Gasteiger partial charge in [0.15, 0.2) is 0 Å². The first kappa shape index (κ1) is 16.1. The van der Waals surface area contributed by atoms with E-state index in [-0.39, 0.29) is 5.54 Å². The summed E-state index contributed by atoms with van der Waals surface area (Å²) in [6, 6.07) is 13.0. The molecule has 0 bridgehead atoms. The van der Waals surface area contributed by atoms with E-state index in [1.165, 1.54) is 27.8 Å². The van der Waals surface area contributed by atoms with Crippen LogP contribution >= 0.6 is 0 Å². The van der Waals surface area contributed by atoms with E-state index in [0.29, 0.717) is 0 Å². The van der Waals surface area contributed by atoms with Gasteiger partial charge in [0, 0.05) is 18.6 Å². The number of aryl methyl sites for hydroxylation is 1. The van der Waals surface area contributed by atoms with Crippen LogP contribution in [0.25, 0.3) is 0 Å². The normalized spacial score (nSPS) is 16.9. The highest BCUT2D eigenvalue weighted by Gasteiger charge is 2.34. The third-order valence-corrected chi connectivity index (χ3v) is 5.26. The van der Waals surface area contributed by atoms with Crippen LogP contribution in [0.2, 0.25) is 0 Å². The molecule has 122 valence electrons. The third-order valence-electron chi connectivity index (χ3n) is 5.26. The Labute approximate surface area is 140 Å². The van der Waals surface area contributed by atoms with Gasteiger partial charge < -0.3 is 4.74 Å². The van der Waals surface area contributed by atoms with Crippen molar-refractivity contribution in [1.82, 2.24) is 4.90 Å². The molecule has 0 saturated carbocycles. The van der Waals surface area contributed by atoms with Crippen LogP contribution in [0.1, 0.15) is 41.7 Å². The van der Waals surface area contributed by atoms with Crippen molar-refractivity contribution in [2.45, 2.75) is 52.7 Å². The van der Waals surface area contributed by atoms with Gasteiger partial charge in [-0.15, -0.1) is 0 Å². The molecule has 23 heavy (non-hydrogen) atoms. The van der Waals surface area contributed by atoms with E-state index < -0.39 is 0 Å². The second-order valence-electron chi connectivity index (χ2n) is 7.31. The molecule has 2 aromatic carbocycles. The number of rotatable bonds is 3. The molecule has 2 aromatic rings. The monoisotopic (exact) mass is 309 g/mol. The molecule has 2 heteroatoms. The quantitative estimate of drug-likeness (QED) is 0.818. The summed E-state index contributed by atoms with van der Waals surface area (Å²) >= 11 is 0. The molecule has 0 amide bonds. The lowest BCUT2D eigenvalue weighted by Gasteiger charge is -2.44. The number of fused-ring (bicyclic) bond motifs is 1. The Bertz CT molecular complexity index is 704. The molecular weight excluding hydrogens is 282 g/mol. The van der Waals surface area contributed by atoms with Crippen LogP contribution in [-0.2, 0) is 19.5 Å². The highest BCUT2D eigenvalue weighted by atomic mass is 16.5. The largest absolute Gasteiger partial charge is 0.496 e. The molecule has 1 aliphatic rings.